The minimum absolute atomic E-state index is 0.0806. The zero-order valence-electron chi connectivity index (χ0n) is 26.3. The van der Waals surface area contributed by atoms with Crippen molar-refractivity contribution in [1.82, 2.24) is 0 Å². The number of halogens is 2. The molecular weight excluding hydrogens is 542 g/mol. The molecule has 0 aliphatic carbocycles. The van der Waals surface area contributed by atoms with E-state index in [1.54, 1.807) is 36.4 Å². The van der Waals surface area contributed by atoms with Crippen molar-refractivity contribution in [2.75, 3.05) is 6.61 Å². The Kier molecular flexibility index (Phi) is 15.8. The molecule has 0 radical (unpaired) electrons. The number of aryl methyl sites for hydroxylation is 1. The van der Waals surface area contributed by atoms with Gasteiger partial charge >= 0.3 is 5.97 Å². The van der Waals surface area contributed by atoms with Gasteiger partial charge in [0.1, 0.15) is 0 Å². The monoisotopic (exact) mass is 592 g/mol. The molecule has 0 spiro atoms. The van der Waals surface area contributed by atoms with Gasteiger partial charge in [-0.1, -0.05) is 122 Å². The SMILES string of the molecule is CCCCCCCCCCc1ccc(OC(=O)c2ccc(-c3ccc(OCCCCCCCCC)c(F)c3)cc2)c(F)c1. The molecule has 0 saturated heterocycles. The Morgan fingerprint density at radius 2 is 1.12 bits per heavy atom. The first-order chi connectivity index (χ1) is 21.0. The Balaban J connectivity index is 1.43. The fourth-order valence-electron chi connectivity index (χ4n) is 5.24. The van der Waals surface area contributed by atoms with Gasteiger partial charge in [-0.15, -0.1) is 0 Å². The molecule has 0 saturated carbocycles. The summed E-state index contributed by atoms with van der Waals surface area (Å²) in [6, 6.07) is 16.4. The van der Waals surface area contributed by atoms with E-state index in [-0.39, 0.29) is 11.5 Å². The first-order valence-corrected chi connectivity index (χ1v) is 16.5. The molecule has 0 atom stereocenters. The normalized spacial score (nSPS) is 11.1. The van der Waals surface area contributed by atoms with Crippen LogP contribution in [0.2, 0.25) is 0 Å². The van der Waals surface area contributed by atoms with Crippen molar-refractivity contribution in [2.24, 2.45) is 0 Å². The largest absolute Gasteiger partial charge is 0.491 e. The molecule has 5 heteroatoms. The molecule has 0 heterocycles. The third kappa shape index (κ3) is 12.5. The first kappa shape index (κ1) is 34.3. The van der Waals surface area contributed by atoms with Gasteiger partial charge < -0.3 is 9.47 Å². The highest BCUT2D eigenvalue weighted by atomic mass is 19.1. The van der Waals surface area contributed by atoms with Crippen molar-refractivity contribution >= 4 is 5.97 Å². The average Bonchev–Trinajstić information content (AvgIpc) is 3.01. The first-order valence-electron chi connectivity index (χ1n) is 16.5. The van der Waals surface area contributed by atoms with E-state index in [0.717, 1.165) is 43.2 Å². The van der Waals surface area contributed by atoms with Crippen LogP contribution in [0.15, 0.2) is 60.7 Å². The third-order valence-electron chi connectivity index (χ3n) is 7.91. The van der Waals surface area contributed by atoms with E-state index in [1.807, 2.05) is 6.07 Å². The number of esters is 1. The molecule has 0 amide bonds. The van der Waals surface area contributed by atoms with Crippen molar-refractivity contribution in [3.8, 4) is 22.6 Å². The van der Waals surface area contributed by atoms with Gasteiger partial charge in [0.05, 0.1) is 12.2 Å². The second-order valence-electron chi connectivity index (χ2n) is 11.6. The fraction of sp³-hybridized carbons (Fsp3) is 0.500. The second-order valence-corrected chi connectivity index (χ2v) is 11.6. The summed E-state index contributed by atoms with van der Waals surface area (Å²) in [5.74, 6) is -1.41. The predicted molar refractivity (Wildman–Crippen MR) is 173 cm³/mol. The van der Waals surface area contributed by atoms with Crippen LogP contribution in [0.3, 0.4) is 0 Å². The maximum atomic E-state index is 14.7. The van der Waals surface area contributed by atoms with Gasteiger partial charge in [-0.05, 0) is 72.4 Å². The van der Waals surface area contributed by atoms with Crippen LogP contribution in [0.25, 0.3) is 11.1 Å². The van der Waals surface area contributed by atoms with Gasteiger partial charge in [-0.2, -0.15) is 0 Å². The van der Waals surface area contributed by atoms with E-state index in [9.17, 15) is 13.6 Å². The second kappa shape index (κ2) is 19.9. The van der Waals surface area contributed by atoms with E-state index in [2.05, 4.69) is 13.8 Å². The number of carbonyl (C=O) groups is 1. The van der Waals surface area contributed by atoms with Gasteiger partial charge in [0.25, 0.3) is 0 Å². The highest BCUT2D eigenvalue weighted by Crippen LogP contribution is 2.27. The molecule has 0 unspecified atom stereocenters. The van der Waals surface area contributed by atoms with Crippen molar-refractivity contribution < 1.29 is 23.0 Å². The molecule has 0 N–H and O–H groups in total. The zero-order valence-corrected chi connectivity index (χ0v) is 26.3. The standard InChI is InChI=1S/C38H50F2O3/c1-3-5-7-9-11-12-14-16-18-30-19-25-37(34(39)28-30)43-38(41)32-22-20-31(21-23-32)33-24-26-36(35(40)29-33)42-27-17-15-13-10-8-6-4-2/h19-26,28-29H,3-18,27H2,1-2H3. The minimum atomic E-state index is -0.637. The smallest absolute Gasteiger partial charge is 0.343 e. The van der Waals surface area contributed by atoms with Crippen molar-refractivity contribution in [3.05, 3.63) is 83.4 Å². The van der Waals surface area contributed by atoms with Gasteiger partial charge in [0, 0.05) is 0 Å². The van der Waals surface area contributed by atoms with Crippen LogP contribution in [-0.4, -0.2) is 12.6 Å². The maximum absolute atomic E-state index is 14.7. The molecule has 0 bridgehead atoms. The number of benzene rings is 3. The predicted octanol–water partition coefficient (Wildman–Crippen LogP) is 11.7. The van der Waals surface area contributed by atoms with Crippen molar-refractivity contribution in [3.63, 3.8) is 0 Å². The van der Waals surface area contributed by atoms with Crippen LogP contribution >= 0.6 is 0 Å². The molecule has 0 aliphatic heterocycles. The quantitative estimate of drug-likeness (QED) is 0.0701. The number of ether oxygens (including phenoxy) is 2. The maximum Gasteiger partial charge on any atom is 0.343 e. The fourth-order valence-corrected chi connectivity index (χ4v) is 5.24. The number of carbonyl (C=O) groups excluding carboxylic acids is 1. The Labute approximate surface area is 258 Å². The van der Waals surface area contributed by atoms with Gasteiger partial charge in [-0.3, -0.25) is 0 Å². The molecule has 0 aromatic heterocycles. The molecule has 0 aliphatic rings. The van der Waals surface area contributed by atoms with E-state index in [1.165, 1.54) is 88.8 Å². The lowest BCUT2D eigenvalue weighted by Gasteiger charge is -2.10. The Morgan fingerprint density at radius 1 is 0.581 bits per heavy atom. The summed E-state index contributed by atoms with van der Waals surface area (Å²) in [7, 11) is 0. The van der Waals surface area contributed by atoms with E-state index in [0.29, 0.717) is 17.7 Å². The lowest BCUT2D eigenvalue weighted by Crippen LogP contribution is -2.09. The third-order valence-corrected chi connectivity index (χ3v) is 7.91. The van der Waals surface area contributed by atoms with Crippen molar-refractivity contribution in [2.45, 2.75) is 117 Å². The highest BCUT2D eigenvalue weighted by Gasteiger charge is 2.14. The Bertz CT molecular complexity index is 1220. The number of rotatable bonds is 21. The number of hydrogen-bond acceptors (Lipinski definition) is 3. The lowest BCUT2D eigenvalue weighted by molar-refractivity contribution is 0.0728. The van der Waals surface area contributed by atoms with Crippen LogP contribution in [0.5, 0.6) is 11.5 Å². The molecule has 3 nitrogen and oxygen atoms in total. The molecule has 3 aromatic rings. The van der Waals surface area contributed by atoms with Gasteiger partial charge in [0.15, 0.2) is 23.1 Å². The summed E-state index contributed by atoms with van der Waals surface area (Å²) in [4.78, 5) is 12.7. The molecule has 3 aromatic carbocycles. The van der Waals surface area contributed by atoms with Crippen LogP contribution in [0.1, 0.15) is 126 Å². The van der Waals surface area contributed by atoms with Gasteiger partial charge in [-0.25, -0.2) is 13.6 Å². The highest BCUT2D eigenvalue weighted by molar-refractivity contribution is 5.91. The van der Waals surface area contributed by atoms with Crippen LogP contribution in [0, 0.1) is 11.6 Å². The van der Waals surface area contributed by atoms with Crippen LogP contribution < -0.4 is 9.47 Å². The minimum Gasteiger partial charge on any atom is -0.491 e. The summed E-state index contributed by atoms with van der Waals surface area (Å²) in [6.07, 6.45) is 18.9. The Morgan fingerprint density at radius 3 is 1.72 bits per heavy atom. The Hall–Kier alpha value is -3.21. The zero-order chi connectivity index (χ0) is 30.7. The molecule has 3 rings (SSSR count). The van der Waals surface area contributed by atoms with E-state index < -0.39 is 17.6 Å². The van der Waals surface area contributed by atoms with Gasteiger partial charge in [0.2, 0.25) is 0 Å². The lowest BCUT2D eigenvalue weighted by atomic mass is 10.0. The van der Waals surface area contributed by atoms with Crippen LogP contribution in [-0.2, 0) is 6.42 Å². The topological polar surface area (TPSA) is 35.5 Å². The summed E-state index contributed by atoms with van der Waals surface area (Å²) in [5, 5.41) is 0. The van der Waals surface area contributed by atoms with Crippen LogP contribution in [0.4, 0.5) is 8.78 Å². The van der Waals surface area contributed by atoms with Crippen molar-refractivity contribution in [1.29, 1.82) is 0 Å². The van der Waals surface area contributed by atoms with E-state index >= 15 is 0 Å². The summed E-state index contributed by atoms with van der Waals surface area (Å²) < 4.78 is 40.4. The summed E-state index contributed by atoms with van der Waals surface area (Å²) in [6.45, 7) is 4.94. The molecular formula is C38H50F2O3. The molecule has 0 fully saturated rings. The number of hydrogen-bond donors (Lipinski definition) is 0. The average molecular weight is 593 g/mol. The van der Waals surface area contributed by atoms with E-state index in [4.69, 9.17) is 9.47 Å². The summed E-state index contributed by atoms with van der Waals surface area (Å²) in [5.41, 5.74) is 2.64. The molecule has 234 valence electrons. The molecule has 43 heavy (non-hydrogen) atoms. The summed E-state index contributed by atoms with van der Waals surface area (Å²) >= 11 is 0. The number of unbranched alkanes of at least 4 members (excludes halogenated alkanes) is 13.